The number of carbonyl (C=O) groups is 1. The zero-order chi connectivity index (χ0) is 9.97. The van der Waals surface area contributed by atoms with E-state index in [4.69, 9.17) is 4.74 Å². The number of allylic oxidation sites excluding steroid dienone is 2. The Hall–Kier alpha value is -0.790. The molecular weight excluding hydrogens is 176 g/mol. The van der Waals surface area contributed by atoms with Crippen LogP contribution in [0.25, 0.3) is 0 Å². The van der Waals surface area contributed by atoms with Gasteiger partial charge in [-0.3, -0.25) is 4.79 Å². The summed E-state index contributed by atoms with van der Waals surface area (Å²) in [4.78, 5) is 10.5. The average Bonchev–Trinajstić information content (AvgIpc) is 2.73. The Labute approximate surface area is 85.3 Å². The molecule has 0 amide bonds. The molecule has 78 valence electrons. The lowest BCUT2D eigenvalue weighted by Crippen LogP contribution is -2.09. The molecule has 0 radical (unpaired) electrons. The van der Waals surface area contributed by atoms with Crippen LogP contribution in [-0.2, 0) is 9.53 Å². The molecule has 1 fully saturated rings. The van der Waals surface area contributed by atoms with Crippen LogP contribution in [0.1, 0.15) is 32.6 Å². The van der Waals surface area contributed by atoms with Crippen molar-refractivity contribution in [1.82, 2.24) is 0 Å². The number of esters is 1. The minimum Gasteiger partial charge on any atom is -0.466 e. The van der Waals surface area contributed by atoms with E-state index in [-0.39, 0.29) is 5.97 Å². The van der Waals surface area contributed by atoms with Crippen LogP contribution in [0.3, 0.4) is 0 Å². The first-order valence-corrected chi connectivity index (χ1v) is 5.57. The zero-order valence-corrected chi connectivity index (χ0v) is 8.74. The molecule has 0 N–H and O–H groups in total. The zero-order valence-electron chi connectivity index (χ0n) is 8.74. The van der Waals surface area contributed by atoms with Gasteiger partial charge >= 0.3 is 5.97 Å². The Kier molecular flexibility index (Phi) is 2.90. The molecule has 1 saturated carbocycles. The Morgan fingerprint density at radius 3 is 2.86 bits per heavy atom. The van der Waals surface area contributed by atoms with Crippen LogP contribution in [0.5, 0.6) is 0 Å². The highest BCUT2D eigenvalue weighted by molar-refractivity contribution is 5.65. The molecule has 3 unspecified atom stereocenters. The molecular formula is C12H18O2. The number of ether oxygens (including phenoxy) is 1. The van der Waals surface area contributed by atoms with Crippen LogP contribution in [0.4, 0.5) is 0 Å². The summed E-state index contributed by atoms with van der Waals surface area (Å²) in [6, 6.07) is 0. The van der Waals surface area contributed by atoms with Gasteiger partial charge in [0.05, 0.1) is 6.61 Å². The lowest BCUT2D eigenvalue weighted by Gasteiger charge is -2.17. The van der Waals surface area contributed by atoms with E-state index in [1.807, 2.05) is 0 Å². The van der Waals surface area contributed by atoms with Gasteiger partial charge in [0.1, 0.15) is 0 Å². The van der Waals surface area contributed by atoms with E-state index in [0.29, 0.717) is 6.61 Å². The van der Waals surface area contributed by atoms with Crippen LogP contribution in [-0.4, -0.2) is 12.6 Å². The van der Waals surface area contributed by atoms with Gasteiger partial charge < -0.3 is 4.74 Å². The Bertz CT molecular complexity index is 245. The topological polar surface area (TPSA) is 26.3 Å². The van der Waals surface area contributed by atoms with E-state index in [0.717, 1.165) is 24.2 Å². The fourth-order valence-electron chi connectivity index (χ4n) is 2.79. The van der Waals surface area contributed by atoms with Crippen molar-refractivity contribution in [3.63, 3.8) is 0 Å². The molecule has 2 heteroatoms. The van der Waals surface area contributed by atoms with E-state index in [1.165, 1.54) is 26.2 Å². The van der Waals surface area contributed by atoms with Gasteiger partial charge in [-0.15, -0.1) is 0 Å². The molecule has 0 heterocycles. The number of fused-ring (bicyclic) bond motifs is 2. The highest BCUT2D eigenvalue weighted by Crippen LogP contribution is 2.45. The molecule has 2 aliphatic carbocycles. The molecule has 0 aromatic carbocycles. The first-order chi connectivity index (χ1) is 6.75. The molecule has 2 bridgehead atoms. The Morgan fingerprint density at radius 2 is 2.29 bits per heavy atom. The third-order valence-corrected chi connectivity index (χ3v) is 3.44. The summed E-state index contributed by atoms with van der Waals surface area (Å²) in [6.07, 6.45) is 9.73. The smallest absolute Gasteiger partial charge is 0.302 e. The van der Waals surface area contributed by atoms with E-state index in [2.05, 4.69) is 12.2 Å². The van der Waals surface area contributed by atoms with Crippen molar-refractivity contribution in [2.24, 2.45) is 17.8 Å². The van der Waals surface area contributed by atoms with Gasteiger partial charge in [-0.05, 0) is 43.4 Å². The van der Waals surface area contributed by atoms with Crippen molar-refractivity contribution >= 4 is 5.97 Å². The third-order valence-electron chi connectivity index (χ3n) is 3.44. The molecule has 0 saturated heterocycles. The predicted octanol–water partition coefficient (Wildman–Crippen LogP) is 2.54. The molecule has 14 heavy (non-hydrogen) atoms. The number of carbonyl (C=O) groups excluding carboxylic acids is 1. The lowest BCUT2D eigenvalue weighted by atomic mass is 9.89. The molecule has 0 spiro atoms. The molecule has 2 aliphatic rings. The van der Waals surface area contributed by atoms with Gasteiger partial charge in [0.25, 0.3) is 0 Å². The van der Waals surface area contributed by atoms with Crippen molar-refractivity contribution in [2.45, 2.75) is 32.6 Å². The van der Waals surface area contributed by atoms with Crippen molar-refractivity contribution in [3.8, 4) is 0 Å². The van der Waals surface area contributed by atoms with E-state index in [1.54, 1.807) is 0 Å². The fourth-order valence-corrected chi connectivity index (χ4v) is 2.79. The molecule has 2 rings (SSSR count). The Balaban J connectivity index is 1.63. The molecule has 0 aromatic heterocycles. The number of rotatable bonds is 4. The van der Waals surface area contributed by atoms with Crippen molar-refractivity contribution in [3.05, 3.63) is 12.2 Å². The maximum absolute atomic E-state index is 10.5. The maximum atomic E-state index is 10.5. The minimum absolute atomic E-state index is 0.155. The van der Waals surface area contributed by atoms with E-state index in [9.17, 15) is 4.79 Å². The highest BCUT2D eigenvalue weighted by atomic mass is 16.5. The van der Waals surface area contributed by atoms with Crippen LogP contribution in [0.15, 0.2) is 12.2 Å². The second-order valence-electron chi connectivity index (χ2n) is 4.52. The maximum Gasteiger partial charge on any atom is 0.302 e. The van der Waals surface area contributed by atoms with Crippen LogP contribution in [0, 0.1) is 17.8 Å². The van der Waals surface area contributed by atoms with Crippen molar-refractivity contribution in [1.29, 1.82) is 0 Å². The fraction of sp³-hybridized carbons (Fsp3) is 0.750. The third kappa shape index (κ3) is 2.17. The van der Waals surface area contributed by atoms with Crippen molar-refractivity contribution in [2.75, 3.05) is 6.61 Å². The van der Waals surface area contributed by atoms with Crippen molar-refractivity contribution < 1.29 is 9.53 Å². The second kappa shape index (κ2) is 4.16. The van der Waals surface area contributed by atoms with Crippen LogP contribution >= 0.6 is 0 Å². The molecule has 2 nitrogen and oxygen atoms in total. The summed E-state index contributed by atoms with van der Waals surface area (Å²) >= 11 is 0. The normalized spacial score (nSPS) is 33.6. The molecule has 3 atom stereocenters. The largest absolute Gasteiger partial charge is 0.466 e. The highest BCUT2D eigenvalue weighted by Gasteiger charge is 2.34. The van der Waals surface area contributed by atoms with Gasteiger partial charge in [0.15, 0.2) is 0 Å². The standard InChI is InChI=1S/C12H18O2/c1-9(13)14-6-2-3-11-7-10-4-5-12(11)8-10/h4-5,10-12H,2-3,6-8H2,1H3. The summed E-state index contributed by atoms with van der Waals surface area (Å²) in [5, 5.41) is 0. The first-order valence-electron chi connectivity index (χ1n) is 5.57. The van der Waals surface area contributed by atoms with E-state index < -0.39 is 0 Å². The molecule has 0 aromatic rings. The van der Waals surface area contributed by atoms with Gasteiger partial charge in [0.2, 0.25) is 0 Å². The van der Waals surface area contributed by atoms with Gasteiger partial charge in [0, 0.05) is 6.92 Å². The van der Waals surface area contributed by atoms with Crippen LogP contribution in [0.2, 0.25) is 0 Å². The summed E-state index contributed by atoms with van der Waals surface area (Å²) < 4.78 is 4.92. The summed E-state index contributed by atoms with van der Waals surface area (Å²) in [5.74, 6) is 2.40. The molecule has 0 aliphatic heterocycles. The minimum atomic E-state index is -0.155. The number of hydrogen-bond acceptors (Lipinski definition) is 2. The lowest BCUT2D eigenvalue weighted by molar-refractivity contribution is -0.141. The monoisotopic (exact) mass is 194 g/mol. The van der Waals surface area contributed by atoms with Gasteiger partial charge in [-0.2, -0.15) is 0 Å². The summed E-state index contributed by atoms with van der Waals surface area (Å²) in [5.41, 5.74) is 0. The Morgan fingerprint density at radius 1 is 1.43 bits per heavy atom. The van der Waals surface area contributed by atoms with Gasteiger partial charge in [-0.1, -0.05) is 12.2 Å². The summed E-state index contributed by atoms with van der Waals surface area (Å²) in [7, 11) is 0. The first kappa shape index (κ1) is 9.75. The van der Waals surface area contributed by atoms with E-state index >= 15 is 0 Å². The SMILES string of the molecule is CC(=O)OCCCC1CC2C=CC1C2. The average molecular weight is 194 g/mol. The predicted molar refractivity (Wildman–Crippen MR) is 54.7 cm³/mol. The van der Waals surface area contributed by atoms with Gasteiger partial charge in [-0.25, -0.2) is 0 Å². The quantitative estimate of drug-likeness (QED) is 0.390. The second-order valence-corrected chi connectivity index (χ2v) is 4.52. The summed E-state index contributed by atoms with van der Waals surface area (Å²) in [6.45, 7) is 2.08. The van der Waals surface area contributed by atoms with Crippen LogP contribution < -0.4 is 0 Å². The number of hydrogen-bond donors (Lipinski definition) is 0.